The van der Waals surface area contributed by atoms with Crippen LogP contribution < -0.4 is 5.32 Å². The highest BCUT2D eigenvalue weighted by Crippen LogP contribution is 2.33. The van der Waals surface area contributed by atoms with Gasteiger partial charge in [0, 0.05) is 16.0 Å². The monoisotopic (exact) mass is 376 g/mol. The summed E-state index contributed by atoms with van der Waals surface area (Å²) in [6.07, 6.45) is 0. The number of benzene rings is 2. The largest absolute Gasteiger partial charge is 0.298 e. The van der Waals surface area contributed by atoms with E-state index in [0.717, 1.165) is 21.7 Å². The van der Waals surface area contributed by atoms with E-state index in [2.05, 4.69) is 10.3 Å². The number of carbonyl (C=O) groups excluding carboxylic acids is 1. The van der Waals surface area contributed by atoms with Crippen molar-refractivity contribution in [3.8, 4) is 11.3 Å². The van der Waals surface area contributed by atoms with Crippen molar-refractivity contribution >= 4 is 45.6 Å². The molecule has 0 saturated heterocycles. The van der Waals surface area contributed by atoms with Crippen LogP contribution in [0.1, 0.15) is 20.8 Å². The summed E-state index contributed by atoms with van der Waals surface area (Å²) in [6, 6.07) is 12.8. The average Bonchev–Trinajstić information content (AvgIpc) is 2.91. The maximum Gasteiger partial charge on any atom is 0.257 e. The van der Waals surface area contributed by atoms with Gasteiger partial charge in [-0.05, 0) is 38.1 Å². The van der Waals surface area contributed by atoms with E-state index in [1.54, 1.807) is 24.3 Å². The van der Waals surface area contributed by atoms with Gasteiger partial charge in [0.25, 0.3) is 5.91 Å². The van der Waals surface area contributed by atoms with Gasteiger partial charge in [-0.15, -0.1) is 11.3 Å². The lowest BCUT2D eigenvalue weighted by atomic mass is 10.1. The van der Waals surface area contributed by atoms with Gasteiger partial charge in [-0.25, -0.2) is 4.98 Å². The van der Waals surface area contributed by atoms with Gasteiger partial charge in [0.15, 0.2) is 5.13 Å². The van der Waals surface area contributed by atoms with Gasteiger partial charge in [0.2, 0.25) is 0 Å². The Hall–Kier alpha value is -1.88. The van der Waals surface area contributed by atoms with Crippen molar-refractivity contribution in [2.24, 2.45) is 0 Å². The van der Waals surface area contributed by atoms with Crippen LogP contribution in [-0.4, -0.2) is 10.9 Å². The minimum Gasteiger partial charge on any atom is -0.298 e. The van der Waals surface area contributed by atoms with Gasteiger partial charge in [0.05, 0.1) is 15.7 Å². The summed E-state index contributed by atoms with van der Waals surface area (Å²) in [5, 5.41) is 4.38. The Morgan fingerprint density at radius 2 is 1.75 bits per heavy atom. The Balaban J connectivity index is 1.84. The molecule has 24 heavy (non-hydrogen) atoms. The van der Waals surface area contributed by atoms with Crippen LogP contribution in [0, 0.1) is 13.8 Å². The molecule has 3 nitrogen and oxygen atoms in total. The van der Waals surface area contributed by atoms with Crippen molar-refractivity contribution in [2.45, 2.75) is 13.8 Å². The number of aryl methyl sites for hydroxylation is 2. The molecule has 3 aromatic rings. The fourth-order valence-corrected chi connectivity index (χ4v) is 3.36. The molecule has 1 heterocycles. The molecule has 1 N–H and O–H groups in total. The van der Waals surface area contributed by atoms with Gasteiger partial charge in [-0.1, -0.05) is 47.0 Å². The van der Waals surface area contributed by atoms with Crippen LogP contribution in [-0.2, 0) is 0 Å². The van der Waals surface area contributed by atoms with Crippen LogP contribution in [0.3, 0.4) is 0 Å². The summed E-state index contributed by atoms with van der Waals surface area (Å²) in [7, 11) is 0. The molecule has 122 valence electrons. The molecule has 3 rings (SSSR count). The van der Waals surface area contributed by atoms with Gasteiger partial charge in [-0.3, -0.25) is 10.1 Å². The maximum absolute atomic E-state index is 12.3. The van der Waals surface area contributed by atoms with E-state index in [-0.39, 0.29) is 5.91 Å². The number of hydrogen-bond donors (Lipinski definition) is 1. The second kappa shape index (κ2) is 6.93. The zero-order valence-corrected chi connectivity index (χ0v) is 15.4. The molecule has 6 heteroatoms. The number of amides is 1. The summed E-state index contributed by atoms with van der Waals surface area (Å²) in [4.78, 5) is 17.8. The maximum atomic E-state index is 12.3. The molecule has 0 unspecified atom stereocenters. The summed E-state index contributed by atoms with van der Waals surface area (Å²) in [5.74, 6) is -0.176. The number of rotatable bonds is 3. The number of aromatic nitrogens is 1. The van der Waals surface area contributed by atoms with Crippen molar-refractivity contribution in [3.05, 3.63) is 68.5 Å². The van der Waals surface area contributed by atoms with E-state index >= 15 is 0 Å². The Morgan fingerprint density at radius 1 is 1.04 bits per heavy atom. The number of nitrogens with one attached hydrogen (secondary N) is 1. The van der Waals surface area contributed by atoms with Crippen LogP contribution in [0.25, 0.3) is 11.3 Å². The van der Waals surface area contributed by atoms with Crippen molar-refractivity contribution in [2.75, 3.05) is 5.32 Å². The van der Waals surface area contributed by atoms with Crippen LogP contribution in [0.15, 0.2) is 42.5 Å². The molecule has 2 aromatic carbocycles. The molecule has 0 radical (unpaired) electrons. The van der Waals surface area contributed by atoms with E-state index in [0.29, 0.717) is 20.7 Å². The molecule has 1 amide bonds. The Labute approximate surface area is 154 Å². The zero-order valence-electron chi connectivity index (χ0n) is 13.1. The summed E-state index contributed by atoms with van der Waals surface area (Å²) < 4.78 is 0. The Kier molecular flexibility index (Phi) is 4.90. The molecular weight excluding hydrogens is 363 g/mol. The highest BCUT2D eigenvalue weighted by Gasteiger charge is 2.14. The molecule has 0 aliphatic rings. The number of nitrogens with zero attached hydrogens (tertiary/aromatic N) is 1. The Bertz CT molecular complexity index is 904. The van der Waals surface area contributed by atoms with Crippen LogP contribution >= 0.6 is 34.5 Å². The first-order valence-electron chi connectivity index (χ1n) is 7.25. The normalized spacial score (nSPS) is 10.7. The van der Waals surface area contributed by atoms with Crippen molar-refractivity contribution < 1.29 is 4.79 Å². The lowest BCUT2D eigenvalue weighted by Gasteiger charge is -2.02. The second-order valence-electron chi connectivity index (χ2n) is 5.37. The summed E-state index contributed by atoms with van der Waals surface area (Å²) in [6.45, 7) is 3.94. The zero-order chi connectivity index (χ0) is 17.3. The topological polar surface area (TPSA) is 42.0 Å². The van der Waals surface area contributed by atoms with Gasteiger partial charge >= 0.3 is 0 Å². The number of anilines is 1. The van der Waals surface area contributed by atoms with Crippen LogP contribution in [0.4, 0.5) is 5.13 Å². The lowest BCUT2D eigenvalue weighted by Crippen LogP contribution is -2.11. The quantitative estimate of drug-likeness (QED) is 0.610. The number of hydrogen-bond acceptors (Lipinski definition) is 3. The first-order valence-corrected chi connectivity index (χ1v) is 8.82. The molecule has 0 saturated carbocycles. The first kappa shape index (κ1) is 17.0. The number of thiazole rings is 1. The van der Waals surface area contributed by atoms with Gasteiger partial charge in [0.1, 0.15) is 0 Å². The average molecular weight is 377 g/mol. The van der Waals surface area contributed by atoms with E-state index in [1.165, 1.54) is 11.3 Å². The molecule has 0 atom stereocenters. The third kappa shape index (κ3) is 3.61. The molecule has 0 aliphatic carbocycles. The van der Waals surface area contributed by atoms with Gasteiger partial charge in [-0.2, -0.15) is 0 Å². The Morgan fingerprint density at radius 3 is 2.42 bits per heavy atom. The predicted octanol–water partition coefficient (Wildman–Crippen LogP) is 5.99. The predicted molar refractivity (Wildman–Crippen MR) is 101 cm³/mol. The minimum atomic E-state index is -0.176. The van der Waals surface area contributed by atoms with Crippen molar-refractivity contribution in [1.82, 2.24) is 4.98 Å². The fraction of sp³-hybridized carbons (Fsp3) is 0.111. The van der Waals surface area contributed by atoms with E-state index in [4.69, 9.17) is 23.2 Å². The highest BCUT2D eigenvalue weighted by atomic mass is 35.5. The van der Waals surface area contributed by atoms with E-state index < -0.39 is 0 Å². The van der Waals surface area contributed by atoms with Crippen LogP contribution in [0.5, 0.6) is 0 Å². The number of halogens is 2. The molecule has 0 bridgehead atoms. The SMILES string of the molecule is Cc1ccc(C(=O)Nc2nc(-c3ccc(Cl)c(Cl)c3)c(C)s2)cc1. The highest BCUT2D eigenvalue weighted by molar-refractivity contribution is 7.16. The minimum absolute atomic E-state index is 0.176. The molecule has 1 aromatic heterocycles. The molecule has 0 aliphatic heterocycles. The van der Waals surface area contributed by atoms with Gasteiger partial charge < -0.3 is 0 Å². The summed E-state index contributed by atoms with van der Waals surface area (Å²) >= 11 is 13.5. The van der Waals surface area contributed by atoms with Crippen molar-refractivity contribution in [3.63, 3.8) is 0 Å². The molecule has 0 fully saturated rings. The first-order chi connectivity index (χ1) is 11.4. The van der Waals surface area contributed by atoms with Crippen molar-refractivity contribution in [1.29, 1.82) is 0 Å². The third-order valence-corrected chi connectivity index (χ3v) is 5.15. The second-order valence-corrected chi connectivity index (χ2v) is 7.39. The van der Waals surface area contributed by atoms with Crippen LogP contribution in [0.2, 0.25) is 10.0 Å². The smallest absolute Gasteiger partial charge is 0.257 e. The standard InChI is InChI=1S/C18H14Cl2N2OS/c1-10-3-5-12(6-4-10)17(23)22-18-21-16(11(2)24-18)13-7-8-14(19)15(20)9-13/h3-9H,1-2H3,(H,21,22,23). The third-order valence-electron chi connectivity index (χ3n) is 3.52. The summed E-state index contributed by atoms with van der Waals surface area (Å²) in [5.41, 5.74) is 3.37. The molecular formula is C18H14Cl2N2OS. The number of carbonyl (C=O) groups is 1. The van der Waals surface area contributed by atoms with E-state index in [9.17, 15) is 4.79 Å². The van der Waals surface area contributed by atoms with E-state index in [1.807, 2.05) is 32.0 Å². The fourth-order valence-electron chi connectivity index (χ4n) is 2.24. The molecule has 0 spiro atoms. The lowest BCUT2D eigenvalue weighted by molar-refractivity contribution is 0.102.